The number of nitrogens with two attached hydrogens (primary N) is 1. The molecule has 0 saturated carbocycles. The molecule has 0 unspecified atom stereocenters. The minimum absolute atomic E-state index is 0.464. The zero-order valence-corrected chi connectivity index (χ0v) is 12.3. The van der Waals surface area contributed by atoms with Crippen molar-refractivity contribution in [3.8, 4) is 0 Å². The van der Waals surface area contributed by atoms with Crippen LogP contribution in [0.15, 0.2) is 24.3 Å². The van der Waals surface area contributed by atoms with Gasteiger partial charge in [0.1, 0.15) is 0 Å². The van der Waals surface area contributed by atoms with Crippen LogP contribution >= 0.6 is 0 Å². The van der Waals surface area contributed by atoms with E-state index in [-0.39, 0.29) is 0 Å². The largest absolute Gasteiger partial charge is 0.398 e. The summed E-state index contributed by atoms with van der Waals surface area (Å²) in [5, 5.41) is 0. The molecule has 1 aromatic rings. The molecule has 0 fully saturated rings. The molecule has 0 aliphatic rings. The number of nitrogens with zero attached hydrogens (tertiary/aromatic N) is 1. The van der Waals surface area contributed by atoms with E-state index in [1.807, 2.05) is 18.2 Å². The lowest BCUT2D eigenvalue weighted by Crippen LogP contribution is -2.33. The first-order valence-electron chi connectivity index (χ1n) is 6.79. The Bertz CT molecular complexity index is 356. The van der Waals surface area contributed by atoms with Crippen molar-refractivity contribution in [3.05, 3.63) is 29.8 Å². The molecule has 0 saturated heterocycles. The average Bonchev–Trinajstić information content (AvgIpc) is 2.39. The second-order valence-corrected chi connectivity index (χ2v) is 4.87. The number of methoxy groups -OCH3 is 1. The third-order valence-corrected chi connectivity index (χ3v) is 3.11. The van der Waals surface area contributed by atoms with E-state index in [1.54, 1.807) is 7.11 Å². The van der Waals surface area contributed by atoms with Crippen LogP contribution in [-0.4, -0.2) is 44.4 Å². The molecule has 1 rings (SSSR count). The molecular weight excluding hydrogens is 240 g/mol. The Balaban J connectivity index is 2.43. The number of hydrogen-bond acceptors (Lipinski definition) is 4. The second kappa shape index (κ2) is 8.91. The van der Waals surface area contributed by atoms with E-state index >= 15 is 0 Å². The van der Waals surface area contributed by atoms with Crippen molar-refractivity contribution in [2.24, 2.45) is 0 Å². The molecule has 0 bridgehead atoms. The van der Waals surface area contributed by atoms with Gasteiger partial charge in [-0.05, 0) is 25.5 Å². The molecule has 0 spiro atoms. The quantitative estimate of drug-likeness (QED) is 0.549. The van der Waals surface area contributed by atoms with Gasteiger partial charge in [0.25, 0.3) is 0 Å². The molecule has 0 amide bonds. The number of benzene rings is 1. The average molecular weight is 266 g/mol. The fourth-order valence-corrected chi connectivity index (χ4v) is 1.84. The number of rotatable bonds is 9. The molecule has 0 aliphatic carbocycles. The number of anilines is 1. The third-order valence-electron chi connectivity index (χ3n) is 3.11. The standard InChI is InChI=1S/C15H26N2O2/c1-13(2)17(8-9-19-11-10-18-3)12-14-6-4-5-7-15(14)16/h4-7,13H,8-12,16H2,1-3H3. The maximum absolute atomic E-state index is 5.99. The van der Waals surface area contributed by atoms with Crippen molar-refractivity contribution in [2.45, 2.75) is 26.4 Å². The van der Waals surface area contributed by atoms with Crippen LogP contribution in [0, 0.1) is 0 Å². The van der Waals surface area contributed by atoms with Crippen LogP contribution in [0.5, 0.6) is 0 Å². The number of nitrogen functional groups attached to an aromatic ring is 1. The van der Waals surface area contributed by atoms with Crippen LogP contribution in [-0.2, 0) is 16.0 Å². The molecule has 108 valence electrons. The van der Waals surface area contributed by atoms with Crippen LogP contribution in [0.1, 0.15) is 19.4 Å². The van der Waals surface area contributed by atoms with Crippen LogP contribution in [0.4, 0.5) is 5.69 Å². The molecule has 0 aromatic heterocycles. The SMILES string of the molecule is COCCOCCN(Cc1ccccc1N)C(C)C. The van der Waals surface area contributed by atoms with Gasteiger partial charge in [-0.15, -0.1) is 0 Å². The summed E-state index contributed by atoms with van der Waals surface area (Å²) >= 11 is 0. The highest BCUT2D eigenvalue weighted by Gasteiger charge is 2.11. The molecule has 2 N–H and O–H groups in total. The summed E-state index contributed by atoms with van der Waals surface area (Å²) in [5.74, 6) is 0. The summed E-state index contributed by atoms with van der Waals surface area (Å²) < 4.78 is 10.5. The van der Waals surface area contributed by atoms with E-state index < -0.39 is 0 Å². The summed E-state index contributed by atoms with van der Waals surface area (Å²) in [6, 6.07) is 8.48. The van der Waals surface area contributed by atoms with Gasteiger partial charge in [-0.2, -0.15) is 0 Å². The predicted molar refractivity (Wildman–Crippen MR) is 79.1 cm³/mol. The Morgan fingerprint density at radius 3 is 2.53 bits per heavy atom. The zero-order chi connectivity index (χ0) is 14.1. The highest BCUT2D eigenvalue weighted by atomic mass is 16.5. The minimum atomic E-state index is 0.464. The van der Waals surface area contributed by atoms with Crippen LogP contribution in [0.2, 0.25) is 0 Å². The van der Waals surface area contributed by atoms with Gasteiger partial charge < -0.3 is 15.2 Å². The monoisotopic (exact) mass is 266 g/mol. The first-order chi connectivity index (χ1) is 9.15. The first kappa shape index (κ1) is 16.0. The highest BCUT2D eigenvalue weighted by molar-refractivity contribution is 5.46. The Morgan fingerprint density at radius 2 is 1.89 bits per heavy atom. The van der Waals surface area contributed by atoms with E-state index in [4.69, 9.17) is 15.2 Å². The van der Waals surface area contributed by atoms with Crippen molar-refractivity contribution in [2.75, 3.05) is 39.2 Å². The Labute approximate surface area is 116 Å². The van der Waals surface area contributed by atoms with Crippen LogP contribution in [0.25, 0.3) is 0 Å². The molecule has 0 heterocycles. The van der Waals surface area contributed by atoms with Gasteiger partial charge in [-0.1, -0.05) is 18.2 Å². The van der Waals surface area contributed by atoms with Crippen molar-refractivity contribution >= 4 is 5.69 Å². The second-order valence-electron chi connectivity index (χ2n) is 4.87. The number of para-hydroxylation sites is 1. The first-order valence-corrected chi connectivity index (χ1v) is 6.79. The van der Waals surface area contributed by atoms with Crippen molar-refractivity contribution in [1.82, 2.24) is 4.90 Å². The van der Waals surface area contributed by atoms with Crippen LogP contribution in [0.3, 0.4) is 0 Å². The summed E-state index contributed by atoms with van der Waals surface area (Å²) in [6.07, 6.45) is 0. The molecule has 0 aliphatic heterocycles. The van der Waals surface area contributed by atoms with E-state index in [2.05, 4.69) is 24.8 Å². The fourth-order valence-electron chi connectivity index (χ4n) is 1.84. The zero-order valence-electron chi connectivity index (χ0n) is 12.3. The van der Waals surface area contributed by atoms with Crippen molar-refractivity contribution < 1.29 is 9.47 Å². The van der Waals surface area contributed by atoms with E-state index in [0.29, 0.717) is 25.9 Å². The fraction of sp³-hybridized carbons (Fsp3) is 0.600. The third kappa shape index (κ3) is 6.05. The summed E-state index contributed by atoms with van der Waals surface area (Å²) in [6.45, 7) is 8.15. The minimum Gasteiger partial charge on any atom is -0.398 e. The Kier molecular flexibility index (Phi) is 7.48. The number of ether oxygens (including phenoxy) is 2. The molecular formula is C15H26N2O2. The van der Waals surface area contributed by atoms with Gasteiger partial charge in [0.15, 0.2) is 0 Å². The molecule has 19 heavy (non-hydrogen) atoms. The Morgan fingerprint density at radius 1 is 1.16 bits per heavy atom. The van der Waals surface area contributed by atoms with Gasteiger partial charge in [0.05, 0.1) is 19.8 Å². The normalized spacial score (nSPS) is 11.4. The maximum Gasteiger partial charge on any atom is 0.0700 e. The van der Waals surface area contributed by atoms with Gasteiger partial charge in [0, 0.05) is 31.9 Å². The predicted octanol–water partition coefficient (Wildman–Crippen LogP) is 2.14. The molecule has 4 nitrogen and oxygen atoms in total. The van der Waals surface area contributed by atoms with Crippen molar-refractivity contribution in [3.63, 3.8) is 0 Å². The Hall–Kier alpha value is -1.10. The smallest absolute Gasteiger partial charge is 0.0700 e. The maximum atomic E-state index is 5.99. The molecule has 4 heteroatoms. The van der Waals surface area contributed by atoms with E-state index in [9.17, 15) is 0 Å². The summed E-state index contributed by atoms with van der Waals surface area (Å²) in [5.41, 5.74) is 8.02. The topological polar surface area (TPSA) is 47.7 Å². The highest BCUT2D eigenvalue weighted by Crippen LogP contribution is 2.14. The van der Waals surface area contributed by atoms with E-state index in [0.717, 1.165) is 18.8 Å². The van der Waals surface area contributed by atoms with Gasteiger partial charge in [-0.3, -0.25) is 4.90 Å². The summed E-state index contributed by atoms with van der Waals surface area (Å²) in [7, 11) is 1.68. The molecule has 1 aromatic carbocycles. The van der Waals surface area contributed by atoms with Gasteiger partial charge >= 0.3 is 0 Å². The lowest BCUT2D eigenvalue weighted by Gasteiger charge is -2.27. The lowest BCUT2D eigenvalue weighted by molar-refractivity contribution is 0.0506. The lowest BCUT2D eigenvalue weighted by atomic mass is 10.1. The number of hydrogen-bond donors (Lipinski definition) is 1. The van der Waals surface area contributed by atoms with Crippen molar-refractivity contribution in [1.29, 1.82) is 0 Å². The molecule has 0 radical (unpaired) electrons. The van der Waals surface area contributed by atoms with E-state index in [1.165, 1.54) is 5.56 Å². The van der Waals surface area contributed by atoms with Gasteiger partial charge in [-0.25, -0.2) is 0 Å². The summed E-state index contributed by atoms with van der Waals surface area (Å²) in [4.78, 5) is 2.36. The van der Waals surface area contributed by atoms with Gasteiger partial charge in [0.2, 0.25) is 0 Å². The van der Waals surface area contributed by atoms with Crippen LogP contribution < -0.4 is 5.73 Å². The molecule has 0 atom stereocenters.